The number of nitrogens with zero attached hydrogens (tertiary/aromatic N) is 1. The first kappa shape index (κ1) is 19.9. The normalized spacial score (nSPS) is 15.6. The van der Waals surface area contributed by atoms with Gasteiger partial charge >= 0.3 is 0 Å². The third-order valence-corrected chi connectivity index (χ3v) is 5.13. The molecule has 0 saturated heterocycles. The van der Waals surface area contributed by atoms with Crippen LogP contribution < -0.4 is 4.74 Å². The Morgan fingerprint density at radius 3 is 2.87 bits per heavy atom. The molecule has 0 atom stereocenters. The number of phenols is 1. The van der Waals surface area contributed by atoms with E-state index in [0.29, 0.717) is 40.5 Å². The van der Waals surface area contributed by atoms with Crippen molar-refractivity contribution in [3.63, 3.8) is 0 Å². The van der Waals surface area contributed by atoms with Crippen LogP contribution >= 0.6 is 0 Å². The van der Waals surface area contributed by atoms with Crippen LogP contribution in [0.2, 0.25) is 0 Å². The van der Waals surface area contributed by atoms with Crippen molar-refractivity contribution in [1.29, 1.82) is 0 Å². The molecule has 30 heavy (non-hydrogen) atoms. The van der Waals surface area contributed by atoms with Crippen LogP contribution in [0.3, 0.4) is 0 Å². The Kier molecular flexibility index (Phi) is 5.93. The molecule has 2 aromatic rings. The van der Waals surface area contributed by atoms with Gasteiger partial charge in [0, 0.05) is 18.1 Å². The molecule has 0 unspecified atom stereocenters. The second-order valence-corrected chi connectivity index (χ2v) is 7.28. The standard InChI is InChI=1S/C24H25NO5/c1-3-7-17-11-19(21(26)12-22(17)27-2)24-20(14-29-25-24)23-15-28-13-18(30-23)10-16-8-5-4-6-9-16/h4-5,8,11-15,26H,3,6-7,9-10H2,1-2H3. The molecule has 1 N–H and O–H groups in total. The van der Waals surface area contributed by atoms with Gasteiger partial charge in [-0.1, -0.05) is 42.3 Å². The van der Waals surface area contributed by atoms with Gasteiger partial charge in [-0.15, -0.1) is 0 Å². The summed E-state index contributed by atoms with van der Waals surface area (Å²) in [5, 5.41) is 14.7. The fourth-order valence-corrected chi connectivity index (χ4v) is 3.64. The van der Waals surface area contributed by atoms with E-state index < -0.39 is 0 Å². The van der Waals surface area contributed by atoms with Gasteiger partial charge in [-0.3, -0.25) is 0 Å². The Morgan fingerprint density at radius 1 is 1.20 bits per heavy atom. The summed E-state index contributed by atoms with van der Waals surface area (Å²) < 4.78 is 22.3. The molecular formula is C24H25NO5. The Morgan fingerprint density at radius 2 is 2.10 bits per heavy atom. The lowest BCUT2D eigenvalue weighted by Crippen LogP contribution is -2.02. The number of benzene rings is 1. The smallest absolute Gasteiger partial charge is 0.174 e. The maximum Gasteiger partial charge on any atom is 0.174 e. The first-order valence-electron chi connectivity index (χ1n) is 10.1. The number of rotatable bonds is 7. The number of allylic oxidation sites excluding steroid dienone is 4. The zero-order valence-electron chi connectivity index (χ0n) is 17.2. The third kappa shape index (κ3) is 4.13. The molecule has 2 aliphatic rings. The van der Waals surface area contributed by atoms with E-state index in [-0.39, 0.29) is 5.75 Å². The van der Waals surface area contributed by atoms with Gasteiger partial charge in [0.15, 0.2) is 5.76 Å². The summed E-state index contributed by atoms with van der Waals surface area (Å²) in [5.74, 6) is 1.92. The molecule has 0 bridgehead atoms. The Labute approximate surface area is 175 Å². The minimum Gasteiger partial charge on any atom is -0.507 e. The molecular weight excluding hydrogens is 382 g/mol. The lowest BCUT2D eigenvalue weighted by Gasteiger charge is -2.18. The number of aromatic nitrogens is 1. The summed E-state index contributed by atoms with van der Waals surface area (Å²) in [6.07, 6.45) is 15.5. The van der Waals surface area contributed by atoms with Gasteiger partial charge in [0.2, 0.25) is 0 Å². The SMILES string of the molecule is CCCc1cc(-c2nocc2C2=COC=C(CC3=CC=CCC3)O2)c(O)cc1OC. The van der Waals surface area contributed by atoms with Crippen molar-refractivity contribution in [1.82, 2.24) is 5.16 Å². The number of hydrogen-bond acceptors (Lipinski definition) is 6. The summed E-state index contributed by atoms with van der Waals surface area (Å²) in [6.45, 7) is 2.09. The largest absolute Gasteiger partial charge is 0.507 e. The number of aromatic hydroxyl groups is 1. The van der Waals surface area contributed by atoms with Crippen LogP contribution in [0.25, 0.3) is 17.0 Å². The van der Waals surface area contributed by atoms with E-state index in [1.807, 2.05) is 6.07 Å². The topological polar surface area (TPSA) is 74.0 Å². The number of aryl methyl sites for hydroxylation is 1. The zero-order chi connectivity index (χ0) is 20.9. The number of phenolic OH excluding ortho intramolecular Hbond substituents is 1. The molecule has 1 aromatic heterocycles. The van der Waals surface area contributed by atoms with E-state index in [2.05, 4.69) is 30.3 Å². The molecule has 6 nitrogen and oxygen atoms in total. The monoisotopic (exact) mass is 407 g/mol. The zero-order valence-corrected chi connectivity index (χ0v) is 17.2. The van der Waals surface area contributed by atoms with E-state index >= 15 is 0 Å². The summed E-state index contributed by atoms with van der Waals surface area (Å²) in [7, 11) is 1.60. The molecule has 2 heterocycles. The highest BCUT2D eigenvalue weighted by Crippen LogP contribution is 2.40. The van der Waals surface area contributed by atoms with E-state index in [1.165, 1.54) is 18.1 Å². The molecule has 156 valence electrons. The fourth-order valence-electron chi connectivity index (χ4n) is 3.64. The van der Waals surface area contributed by atoms with Gasteiger partial charge in [-0.2, -0.15) is 0 Å². The van der Waals surface area contributed by atoms with Crippen LogP contribution in [0.1, 0.15) is 43.7 Å². The number of methoxy groups -OCH3 is 1. The molecule has 4 rings (SSSR count). The molecule has 0 amide bonds. The molecule has 0 radical (unpaired) electrons. The molecule has 1 aromatic carbocycles. The van der Waals surface area contributed by atoms with Gasteiger partial charge in [0.05, 0.1) is 12.7 Å². The second kappa shape index (κ2) is 8.95. The molecule has 0 fully saturated rings. The second-order valence-electron chi connectivity index (χ2n) is 7.28. The summed E-state index contributed by atoms with van der Waals surface area (Å²) in [4.78, 5) is 0. The van der Waals surface area contributed by atoms with E-state index in [9.17, 15) is 5.11 Å². The van der Waals surface area contributed by atoms with Gasteiger partial charge < -0.3 is 23.8 Å². The average Bonchev–Trinajstić information content (AvgIpc) is 3.25. The van der Waals surface area contributed by atoms with Crippen molar-refractivity contribution in [3.05, 3.63) is 71.6 Å². The van der Waals surface area contributed by atoms with Crippen LogP contribution in [0.5, 0.6) is 11.5 Å². The summed E-state index contributed by atoms with van der Waals surface area (Å²) in [5.41, 5.74) is 3.94. The fraction of sp³-hybridized carbons (Fsp3) is 0.292. The minimum absolute atomic E-state index is 0.0640. The van der Waals surface area contributed by atoms with Crippen LogP contribution in [0, 0.1) is 0 Å². The predicted molar refractivity (Wildman–Crippen MR) is 113 cm³/mol. The quantitative estimate of drug-likeness (QED) is 0.619. The van der Waals surface area contributed by atoms with Crippen molar-refractivity contribution in [2.75, 3.05) is 7.11 Å². The first-order valence-corrected chi connectivity index (χ1v) is 10.1. The first-order chi connectivity index (χ1) is 14.7. The summed E-state index contributed by atoms with van der Waals surface area (Å²) >= 11 is 0. The van der Waals surface area contributed by atoms with Crippen LogP contribution in [-0.4, -0.2) is 17.4 Å². The minimum atomic E-state index is 0.0640. The number of ether oxygens (including phenoxy) is 3. The van der Waals surface area contributed by atoms with Crippen molar-refractivity contribution in [2.45, 2.75) is 39.0 Å². The lowest BCUT2D eigenvalue weighted by atomic mass is 9.99. The van der Waals surface area contributed by atoms with Gasteiger partial charge in [0.1, 0.15) is 41.7 Å². The maximum atomic E-state index is 10.6. The molecule has 1 aliphatic carbocycles. The van der Waals surface area contributed by atoms with Gasteiger partial charge in [-0.05, 0) is 30.9 Å². The van der Waals surface area contributed by atoms with Crippen molar-refractivity contribution in [2.24, 2.45) is 0 Å². The molecule has 0 spiro atoms. The number of hydrogen-bond donors (Lipinski definition) is 1. The third-order valence-electron chi connectivity index (χ3n) is 5.13. The van der Waals surface area contributed by atoms with E-state index in [0.717, 1.165) is 31.2 Å². The average molecular weight is 407 g/mol. The highest BCUT2D eigenvalue weighted by molar-refractivity contribution is 5.80. The van der Waals surface area contributed by atoms with Crippen molar-refractivity contribution in [3.8, 4) is 22.8 Å². The van der Waals surface area contributed by atoms with Crippen molar-refractivity contribution < 1.29 is 23.8 Å². The molecule has 6 heteroatoms. The Bertz CT molecular complexity index is 1040. The van der Waals surface area contributed by atoms with Crippen LogP contribution in [0.15, 0.2) is 65.0 Å². The van der Waals surface area contributed by atoms with Crippen LogP contribution in [0.4, 0.5) is 0 Å². The summed E-state index contributed by atoms with van der Waals surface area (Å²) in [6, 6.07) is 3.50. The van der Waals surface area contributed by atoms with Crippen LogP contribution in [-0.2, 0) is 15.9 Å². The van der Waals surface area contributed by atoms with Gasteiger partial charge in [-0.25, -0.2) is 0 Å². The maximum absolute atomic E-state index is 10.6. The highest BCUT2D eigenvalue weighted by Gasteiger charge is 2.23. The Hall–Kier alpha value is -3.41. The van der Waals surface area contributed by atoms with Gasteiger partial charge in [0.25, 0.3) is 0 Å². The molecule has 1 aliphatic heterocycles. The molecule has 0 saturated carbocycles. The Balaban J connectivity index is 1.61. The highest BCUT2D eigenvalue weighted by atomic mass is 16.5. The predicted octanol–water partition coefficient (Wildman–Crippen LogP) is 5.86. The lowest BCUT2D eigenvalue weighted by molar-refractivity contribution is 0.273. The van der Waals surface area contributed by atoms with Crippen molar-refractivity contribution >= 4 is 5.76 Å². The van der Waals surface area contributed by atoms with E-state index in [4.69, 9.17) is 18.7 Å². The van der Waals surface area contributed by atoms with E-state index in [1.54, 1.807) is 19.4 Å².